The Balaban J connectivity index is 1.35. The smallest absolute Gasteiger partial charge is 0.321 e. The molecular weight excluding hydrogens is 390 g/mol. The van der Waals surface area contributed by atoms with Crippen LogP contribution in [-0.2, 0) is 0 Å². The Bertz CT molecular complexity index is 817. The zero-order valence-electron chi connectivity index (χ0n) is 15.9. The average Bonchev–Trinajstić information content (AvgIpc) is 3.23. The van der Waals surface area contributed by atoms with E-state index in [9.17, 15) is 4.79 Å². The highest BCUT2D eigenvalue weighted by Crippen LogP contribution is 2.38. The van der Waals surface area contributed by atoms with Gasteiger partial charge in [-0.3, -0.25) is 0 Å². The third kappa shape index (κ3) is 4.76. The number of rotatable bonds is 4. The molecule has 4 nitrogen and oxygen atoms in total. The number of hydrogen-bond donors (Lipinski definition) is 1. The van der Waals surface area contributed by atoms with Crippen molar-refractivity contribution < 1.29 is 4.79 Å². The SMILES string of the molecule is O=C(Nc1ccccc1SC1CCCC1)N1CCN(c2cccc(Cl)c2)CC1. The molecule has 1 saturated heterocycles. The molecule has 1 heterocycles. The molecule has 4 rings (SSSR count). The van der Waals surface area contributed by atoms with Crippen LogP contribution in [0.3, 0.4) is 0 Å². The number of nitrogens with one attached hydrogen (secondary N) is 1. The van der Waals surface area contributed by atoms with E-state index in [4.69, 9.17) is 11.6 Å². The van der Waals surface area contributed by atoms with Crippen molar-refractivity contribution in [1.82, 2.24) is 4.90 Å². The van der Waals surface area contributed by atoms with Gasteiger partial charge in [0.15, 0.2) is 0 Å². The van der Waals surface area contributed by atoms with Crippen LogP contribution in [0.2, 0.25) is 5.02 Å². The molecular formula is C22H26ClN3OS. The molecule has 0 bridgehead atoms. The minimum Gasteiger partial charge on any atom is -0.368 e. The number of amides is 2. The molecule has 2 aliphatic rings. The van der Waals surface area contributed by atoms with Gasteiger partial charge in [-0.2, -0.15) is 0 Å². The fourth-order valence-corrected chi connectivity index (χ4v) is 5.41. The minimum absolute atomic E-state index is 0.00906. The lowest BCUT2D eigenvalue weighted by molar-refractivity contribution is 0.208. The third-order valence-corrected chi connectivity index (χ3v) is 7.11. The molecule has 1 aliphatic heterocycles. The van der Waals surface area contributed by atoms with Gasteiger partial charge in [-0.05, 0) is 43.2 Å². The minimum atomic E-state index is -0.00906. The predicted molar refractivity (Wildman–Crippen MR) is 119 cm³/mol. The highest BCUT2D eigenvalue weighted by Gasteiger charge is 2.23. The second-order valence-electron chi connectivity index (χ2n) is 7.40. The third-order valence-electron chi connectivity index (χ3n) is 5.46. The van der Waals surface area contributed by atoms with E-state index in [-0.39, 0.29) is 6.03 Å². The molecule has 1 aliphatic carbocycles. The highest BCUT2D eigenvalue weighted by atomic mass is 35.5. The van der Waals surface area contributed by atoms with Crippen LogP contribution in [-0.4, -0.2) is 42.4 Å². The van der Waals surface area contributed by atoms with Crippen LogP contribution in [0.5, 0.6) is 0 Å². The predicted octanol–water partition coefficient (Wildman–Crippen LogP) is 5.73. The number of hydrogen-bond acceptors (Lipinski definition) is 3. The number of para-hydroxylation sites is 1. The van der Waals surface area contributed by atoms with Gasteiger partial charge in [-0.25, -0.2) is 4.79 Å². The van der Waals surface area contributed by atoms with Crippen molar-refractivity contribution in [3.8, 4) is 0 Å². The Hall–Kier alpha value is -1.85. The first-order valence-corrected chi connectivity index (χ1v) is 11.3. The molecule has 2 aromatic carbocycles. The first kappa shape index (κ1) is 19.5. The monoisotopic (exact) mass is 415 g/mol. The number of carbonyl (C=O) groups is 1. The van der Waals surface area contributed by atoms with Crippen molar-refractivity contribution >= 4 is 40.8 Å². The first-order chi connectivity index (χ1) is 13.7. The van der Waals surface area contributed by atoms with Crippen LogP contribution in [0.1, 0.15) is 25.7 Å². The van der Waals surface area contributed by atoms with E-state index in [1.165, 1.54) is 30.6 Å². The second kappa shape index (κ2) is 9.10. The largest absolute Gasteiger partial charge is 0.368 e. The molecule has 2 amide bonds. The van der Waals surface area contributed by atoms with E-state index in [0.717, 1.165) is 29.5 Å². The zero-order valence-corrected chi connectivity index (χ0v) is 17.5. The highest BCUT2D eigenvalue weighted by molar-refractivity contribution is 8.00. The maximum Gasteiger partial charge on any atom is 0.321 e. The van der Waals surface area contributed by atoms with E-state index in [0.29, 0.717) is 18.3 Å². The van der Waals surface area contributed by atoms with Crippen LogP contribution in [0.25, 0.3) is 0 Å². The standard InChI is InChI=1S/C22H26ClN3OS/c23-17-6-5-7-18(16-17)25-12-14-26(15-13-25)22(27)24-20-10-3-4-11-21(20)28-19-8-1-2-9-19/h3-7,10-11,16,19H,1-2,8-9,12-15H2,(H,24,27). The van der Waals surface area contributed by atoms with Crippen molar-refractivity contribution in [2.75, 3.05) is 36.4 Å². The van der Waals surface area contributed by atoms with Crippen LogP contribution in [0.15, 0.2) is 53.4 Å². The maximum absolute atomic E-state index is 12.8. The Morgan fingerprint density at radius 3 is 2.50 bits per heavy atom. The number of thioether (sulfide) groups is 1. The molecule has 2 fully saturated rings. The molecule has 1 N–H and O–H groups in total. The van der Waals surface area contributed by atoms with Gasteiger partial charge in [0.2, 0.25) is 0 Å². The Labute approximate surface area is 176 Å². The molecule has 148 valence electrons. The number of carbonyl (C=O) groups excluding carboxylic acids is 1. The molecule has 1 saturated carbocycles. The van der Waals surface area contributed by atoms with Crippen LogP contribution in [0.4, 0.5) is 16.2 Å². The number of halogens is 1. The van der Waals surface area contributed by atoms with Gasteiger partial charge in [-0.1, -0.05) is 42.6 Å². The lowest BCUT2D eigenvalue weighted by Gasteiger charge is -2.36. The summed E-state index contributed by atoms with van der Waals surface area (Å²) >= 11 is 8.02. The molecule has 2 aromatic rings. The number of piperazine rings is 1. The average molecular weight is 416 g/mol. The number of urea groups is 1. The van der Waals surface area contributed by atoms with Crippen molar-refractivity contribution in [3.05, 3.63) is 53.6 Å². The fourth-order valence-electron chi connectivity index (χ4n) is 3.89. The van der Waals surface area contributed by atoms with E-state index < -0.39 is 0 Å². The van der Waals surface area contributed by atoms with Gasteiger partial charge < -0.3 is 15.1 Å². The van der Waals surface area contributed by atoms with E-state index in [1.807, 2.05) is 47.0 Å². The molecule has 0 radical (unpaired) electrons. The number of benzene rings is 2. The van der Waals surface area contributed by atoms with Gasteiger partial charge in [0.1, 0.15) is 0 Å². The summed E-state index contributed by atoms with van der Waals surface area (Å²) in [4.78, 5) is 18.2. The molecule has 0 unspecified atom stereocenters. The summed E-state index contributed by atoms with van der Waals surface area (Å²) in [6.07, 6.45) is 5.20. The Kier molecular flexibility index (Phi) is 6.33. The topological polar surface area (TPSA) is 35.6 Å². The second-order valence-corrected chi connectivity index (χ2v) is 9.18. The van der Waals surface area contributed by atoms with Crippen molar-refractivity contribution in [1.29, 1.82) is 0 Å². The molecule has 28 heavy (non-hydrogen) atoms. The number of anilines is 2. The normalized spacial score (nSPS) is 17.8. The summed E-state index contributed by atoms with van der Waals surface area (Å²) in [5, 5.41) is 4.57. The van der Waals surface area contributed by atoms with Crippen LogP contribution >= 0.6 is 23.4 Å². The van der Waals surface area contributed by atoms with Gasteiger partial charge in [0, 0.05) is 47.0 Å². The van der Waals surface area contributed by atoms with Gasteiger partial charge >= 0.3 is 6.03 Å². The zero-order chi connectivity index (χ0) is 19.3. The van der Waals surface area contributed by atoms with Gasteiger partial charge in [-0.15, -0.1) is 11.8 Å². The molecule has 6 heteroatoms. The van der Waals surface area contributed by atoms with E-state index in [2.05, 4.69) is 28.4 Å². The quantitative estimate of drug-likeness (QED) is 0.692. The van der Waals surface area contributed by atoms with Crippen molar-refractivity contribution in [2.45, 2.75) is 35.8 Å². The van der Waals surface area contributed by atoms with Gasteiger partial charge in [0.25, 0.3) is 0 Å². The van der Waals surface area contributed by atoms with E-state index in [1.54, 1.807) is 0 Å². The molecule has 0 atom stereocenters. The molecule has 0 aromatic heterocycles. The molecule has 0 spiro atoms. The summed E-state index contributed by atoms with van der Waals surface area (Å²) in [7, 11) is 0. The lowest BCUT2D eigenvalue weighted by atomic mass is 10.2. The van der Waals surface area contributed by atoms with Crippen molar-refractivity contribution in [2.24, 2.45) is 0 Å². The summed E-state index contributed by atoms with van der Waals surface area (Å²) < 4.78 is 0. The summed E-state index contributed by atoms with van der Waals surface area (Å²) in [6.45, 7) is 3.03. The number of nitrogens with zero attached hydrogens (tertiary/aromatic N) is 2. The Morgan fingerprint density at radius 1 is 1.00 bits per heavy atom. The lowest BCUT2D eigenvalue weighted by Crippen LogP contribution is -2.50. The van der Waals surface area contributed by atoms with Gasteiger partial charge in [0.05, 0.1) is 5.69 Å². The Morgan fingerprint density at radius 2 is 1.75 bits per heavy atom. The maximum atomic E-state index is 12.8. The first-order valence-electron chi connectivity index (χ1n) is 10.0. The summed E-state index contributed by atoms with van der Waals surface area (Å²) in [5.41, 5.74) is 2.05. The summed E-state index contributed by atoms with van der Waals surface area (Å²) in [6, 6.07) is 16.1. The van der Waals surface area contributed by atoms with E-state index >= 15 is 0 Å². The summed E-state index contributed by atoms with van der Waals surface area (Å²) in [5.74, 6) is 0. The fraction of sp³-hybridized carbons (Fsp3) is 0.409. The van der Waals surface area contributed by atoms with Crippen molar-refractivity contribution in [3.63, 3.8) is 0 Å². The van der Waals surface area contributed by atoms with Crippen LogP contribution < -0.4 is 10.2 Å². The van der Waals surface area contributed by atoms with Crippen LogP contribution in [0, 0.1) is 0 Å².